The van der Waals surface area contributed by atoms with Crippen LogP contribution in [0.5, 0.6) is 11.5 Å². The fraction of sp³-hybridized carbons (Fsp3) is 0.647. The molecular formula is C17H27N3O4S. The molecule has 140 valence electrons. The van der Waals surface area contributed by atoms with Crippen molar-refractivity contribution in [1.82, 2.24) is 14.9 Å². The first kappa shape index (κ1) is 18.4. The second-order valence-electron chi connectivity index (χ2n) is 6.99. The molecule has 0 bridgehead atoms. The Balaban J connectivity index is 1.52. The standard InChI is InChI=1S/C17H27N3O4S/c1-17(11-18-13-19-17)12-25(21,22)20-9-7-16(8-10-20)24-15-5-3-14(23-2)4-6-15/h3-6,16,18-19H,7-13H2,1-2H3/t17-/m0/s1. The van der Waals surface area contributed by atoms with Gasteiger partial charge in [-0.1, -0.05) is 0 Å². The number of rotatable bonds is 6. The van der Waals surface area contributed by atoms with Crippen molar-refractivity contribution in [2.45, 2.75) is 31.4 Å². The Hall–Kier alpha value is -1.35. The van der Waals surface area contributed by atoms with Crippen molar-refractivity contribution in [3.05, 3.63) is 24.3 Å². The number of nitrogens with zero attached hydrogens (tertiary/aromatic N) is 1. The van der Waals surface area contributed by atoms with Gasteiger partial charge in [-0.15, -0.1) is 0 Å². The predicted octanol–water partition coefficient (Wildman–Crippen LogP) is 0.777. The highest BCUT2D eigenvalue weighted by molar-refractivity contribution is 7.89. The summed E-state index contributed by atoms with van der Waals surface area (Å²) in [5, 5.41) is 6.38. The van der Waals surface area contributed by atoms with Crippen LogP contribution in [0.15, 0.2) is 24.3 Å². The summed E-state index contributed by atoms with van der Waals surface area (Å²) in [6.07, 6.45) is 1.45. The summed E-state index contributed by atoms with van der Waals surface area (Å²) in [7, 11) is -1.64. The quantitative estimate of drug-likeness (QED) is 0.771. The molecule has 25 heavy (non-hydrogen) atoms. The van der Waals surface area contributed by atoms with E-state index in [1.807, 2.05) is 31.2 Å². The van der Waals surface area contributed by atoms with Crippen LogP contribution in [0.3, 0.4) is 0 Å². The Morgan fingerprint density at radius 2 is 1.84 bits per heavy atom. The van der Waals surface area contributed by atoms with Crippen LogP contribution in [0.25, 0.3) is 0 Å². The van der Waals surface area contributed by atoms with Gasteiger partial charge in [-0.3, -0.25) is 5.32 Å². The Kier molecular flexibility index (Phi) is 5.52. The van der Waals surface area contributed by atoms with Gasteiger partial charge in [-0.05, 0) is 44.0 Å². The minimum absolute atomic E-state index is 0.0432. The number of hydrogen-bond donors (Lipinski definition) is 2. The summed E-state index contributed by atoms with van der Waals surface area (Å²) in [5.74, 6) is 1.70. The lowest BCUT2D eigenvalue weighted by molar-refractivity contribution is 0.135. The maximum Gasteiger partial charge on any atom is 0.215 e. The fourth-order valence-corrected chi connectivity index (χ4v) is 5.31. The molecular weight excluding hydrogens is 342 g/mol. The molecule has 0 amide bonds. The lowest BCUT2D eigenvalue weighted by atomic mass is 10.1. The first-order valence-corrected chi connectivity index (χ1v) is 10.3. The molecule has 2 aliphatic rings. The van der Waals surface area contributed by atoms with Crippen LogP contribution in [0.1, 0.15) is 19.8 Å². The summed E-state index contributed by atoms with van der Waals surface area (Å²) in [5.41, 5.74) is -0.394. The van der Waals surface area contributed by atoms with Crippen LogP contribution in [0.4, 0.5) is 0 Å². The number of sulfonamides is 1. The molecule has 2 aliphatic heterocycles. The largest absolute Gasteiger partial charge is 0.497 e. The van der Waals surface area contributed by atoms with E-state index in [9.17, 15) is 8.42 Å². The number of piperidine rings is 1. The molecule has 1 aromatic rings. The van der Waals surface area contributed by atoms with E-state index < -0.39 is 15.6 Å². The molecule has 2 fully saturated rings. The Morgan fingerprint density at radius 1 is 1.20 bits per heavy atom. The normalized spacial score (nSPS) is 25.8. The second-order valence-corrected chi connectivity index (χ2v) is 8.96. The van der Waals surface area contributed by atoms with Gasteiger partial charge in [0.1, 0.15) is 17.6 Å². The molecule has 2 N–H and O–H groups in total. The van der Waals surface area contributed by atoms with E-state index in [0.29, 0.717) is 39.1 Å². The van der Waals surface area contributed by atoms with Crippen molar-refractivity contribution in [2.75, 3.05) is 39.2 Å². The molecule has 0 radical (unpaired) electrons. The summed E-state index contributed by atoms with van der Waals surface area (Å²) in [6, 6.07) is 7.47. The van der Waals surface area contributed by atoms with Crippen LogP contribution in [-0.2, 0) is 10.0 Å². The van der Waals surface area contributed by atoms with Crippen LogP contribution in [0.2, 0.25) is 0 Å². The van der Waals surface area contributed by atoms with Crippen molar-refractivity contribution >= 4 is 10.0 Å². The van der Waals surface area contributed by atoms with Gasteiger partial charge in [-0.25, -0.2) is 12.7 Å². The zero-order chi connectivity index (χ0) is 17.9. The maximum atomic E-state index is 12.7. The monoisotopic (exact) mass is 369 g/mol. The second kappa shape index (κ2) is 7.49. The number of ether oxygens (including phenoxy) is 2. The summed E-state index contributed by atoms with van der Waals surface area (Å²) < 4.78 is 38.1. The molecule has 0 aliphatic carbocycles. The lowest BCUT2D eigenvalue weighted by Crippen LogP contribution is -2.51. The van der Waals surface area contributed by atoms with Crippen LogP contribution >= 0.6 is 0 Å². The van der Waals surface area contributed by atoms with E-state index in [-0.39, 0.29) is 11.9 Å². The van der Waals surface area contributed by atoms with E-state index in [1.165, 1.54) is 0 Å². The summed E-state index contributed by atoms with van der Waals surface area (Å²) in [6.45, 7) is 4.29. The van der Waals surface area contributed by atoms with Gasteiger partial charge >= 0.3 is 0 Å². The topological polar surface area (TPSA) is 79.9 Å². The first-order valence-electron chi connectivity index (χ1n) is 8.64. The van der Waals surface area contributed by atoms with Crippen molar-refractivity contribution in [1.29, 1.82) is 0 Å². The number of hydrogen-bond acceptors (Lipinski definition) is 6. The van der Waals surface area contributed by atoms with Gasteiger partial charge in [0.2, 0.25) is 10.0 Å². The molecule has 0 unspecified atom stereocenters. The van der Waals surface area contributed by atoms with Crippen molar-refractivity contribution in [3.8, 4) is 11.5 Å². The number of nitrogens with one attached hydrogen (secondary N) is 2. The van der Waals surface area contributed by atoms with Crippen LogP contribution in [-0.4, -0.2) is 63.5 Å². The SMILES string of the molecule is COc1ccc(OC2CCN(S(=O)(=O)C[C@]3(C)CNCN3)CC2)cc1. The van der Waals surface area contributed by atoms with Crippen molar-refractivity contribution in [3.63, 3.8) is 0 Å². The van der Waals surface area contributed by atoms with Crippen molar-refractivity contribution < 1.29 is 17.9 Å². The highest BCUT2D eigenvalue weighted by Crippen LogP contribution is 2.24. The van der Waals surface area contributed by atoms with Crippen LogP contribution < -0.4 is 20.1 Å². The van der Waals surface area contributed by atoms with E-state index in [0.717, 1.165) is 11.5 Å². The van der Waals surface area contributed by atoms with E-state index in [4.69, 9.17) is 9.47 Å². The van der Waals surface area contributed by atoms with Gasteiger partial charge in [0.25, 0.3) is 0 Å². The maximum absolute atomic E-state index is 12.7. The lowest BCUT2D eigenvalue weighted by Gasteiger charge is -2.33. The van der Waals surface area contributed by atoms with Gasteiger partial charge < -0.3 is 14.8 Å². The smallest absolute Gasteiger partial charge is 0.215 e. The molecule has 0 spiro atoms. The summed E-state index contributed by atoms with van der Waals surface area (Å²) >= 11 is 0. The predicted molar refractivity (Wildman–Crippen MR) is 96.4 cm³/mol. The zero-order valence-electron chi connectivity index (χ0n) is 14.8. The molecule has 1 aromatic carbocycles. The zero-order valence-corrected chi connectivity index (χ0v) is 15.6. The summed E-state index contributed by atoms with van der Waals surface area (Å²) in [4.78, 5) is 0. The molecule has 2 saturated heterocycles. The minimum Gasteiger partial charge on any atom is -0.497 e. The van der Waals surface area contributed by atoms with E-state index >= 15 is 0 Å². The van der Waals surface area contributed by atoms with Gasteiger partial charge in [0.15, 0.2) is 0 Å². The third kappa shape index (κ3) is 4.63. The third-order valence-electron chi connectivity index (χ3n) is 4.81. The number of benzene rings is 1. The fourth-order valence-electron chi connectivity index (χ4n) is 3.35. The van der Waals surface area contributed by atoms with E-state index in [1.54, 1.807) is 11.4 Å². The average Bonchev–Trinajstić information content (AvgIpc) is 3.01. The van der Waals surface area contributed by atoms with Gasteiger partial charge in [-0.2, -0.15) is 0 Å². The highest BCUT2D eigenvalue weighted by atomic mass is 32.2. The highest BCUT2D eigenvalue weighted by Gasteiger charge is 2.37. The Morgan fingerprint density at radius 3 is 2.40 bits per heavy atom. The Bertz CT molecular complexity index is 664. The number of methoxy groups -OCH3 is 1. The average molecular weight is 369 g/mol. The molecule has 7 nitrogen and oxygen atoms in total. The van der Waals surface area contributed by atoms with Gasteiger partial charge in [0.05, 0.1) is 12.9 Å². The molecule has 2 heterocycles. The van der Waals surface area contributed by atoms with Crippen molar-refractivity contribution in [2.24, 2.45) is 0 Å². The van der Waals surface area contributed by atoms with E-state index in [2.05, 4.69) is 10.6 Å². The third-order valence-corrected chi connectivity index (χ3v) is 6.97. The van der Waals surface area contributed by atoms with Gasteiger partial charge in [0, 0.05) is 31.8 Å². The molecule has 0 saturated carbocycles. The van der Waals surface area contributed by atoms with Crippen LogP contribution in [0, 0.1) is 0 Å². The molecule has 3 rings (SSSR count). The molecule has 8 heteroatoms. The first-order chi connectivity index (χ1) is 11.9. The minimum atomic E-state index is -3.27. The molecule has 1 atom stereocenters. The Labute approximate surface area is 149 Å². The molecule has 0 aromatic heterocycles.